The maximum Gasteiger partial charge on any atom is 0.206 e. The molecule has 0 spiro atoms. The number of aromatic amines is 1. The molecular weight excluding hydrogens is 233 g/mol. The summed E-state index contributed by atoms with van der Waals surface area (Å²) in [6, 6.07) is 4.48. The Labute approximate surface area is 102 Å². The summed E-state index contributed by atoms with van der Waals surface area (Å²) in [4.78, 5) is 27.0. The van der Waals surface area contributed by atoms with Gasteiger partial charge in [-0.15, -0.1) is 0 Å². The van der Waals surface area contributed by atoms with Crippen LogP contribution in [0.15, 0.2) is 29.3 Å². The summed E-state index contributed by atoms with van der Waals surface area (Å²) in [6.45, 7) is 3.23. The van der Waals surface area contributed by atoms with E-state index in [-0.39, 0.29) is 28.3 Å². The molecule has 0 fully saturated rings. The Bertz CT molecular complexity index is 752. The minimum Gasteiger partial charge on any atom is -0.349 e. The van der Waals surface area contributed by atoms with Gasteiger partial charge in [0.1, 0.15) is 5.82 Å². The number of H-pyrrole nitrogens is 1. The highest BCUT2D eigenvalue weighted by molar-refractivity contribution is 6.30. The van der Waals surface area contributed by atoms with E-state index in [1.165, 1.54) is 12.1 Å². The molecule has 1 aliphatic carbocycles. The first kappa shape index (κ1) is 10.9. The number of fused-ring (bicyclic) bond motifs is 3. The zero-order chi connectivity index (χ0) is 13.0. The molecule has 0 saturated heterocycles. The van der Waals surface area contributed by atoms with E-state index in [1.54, 1.807) is 19.9 Å². The standard InChI is InChI=1S/C14H10FNO2/c1-6-7(2)14(18)12-10(13(6)17)8-4-3-5-9(15)11(8)16-12/h3-5,16H,1-2H3. The van der Waals surface area contributed by atoms with Crippen molar-refractivity contribution >= 4 is 22.5 Å². The fourth-order valence-electron chi connectivity index (χ4n) is 2.30. The van der Waals surface area contributed by atoms with Crippen LogP contribution in [-0.4, -0.2) is 16.6 Å². The molecule has 4 heteroatoms. The molecule has 1 aromatic heterocycles. The van der Waals surface area contributed by atoms with Gasteiger partial charge in [-0.05, 0) is 19.9 Å². The van der Waals surface area contributed by atoms with Crippen molar-refractivity contribution in [2.45, 2.75) is 13.8 Å². The Kier molecular flexibility index (Phi) is 2.05. The van der Waals surface area contributed by atoms with Crippen molar-refractivity contribution in [3.05, 3.63) is 46.4 Å². The average molecular weight is 243 g/mol. The zero-order valence-corrected chi connectivity index (χ0v) is 9.93. The van der Waals surface area contributed by atoms with Crippen molar-refractivity contribution in [2.75, 3.05) is 0 Å². The number of para-hydroxylation sites is 1. The molecule has 1 N–H and O–H groups in total. The Morgan fingerprint density at radius 2 is 1.72 bits per heavy atom. The number of halogens is 1. The number of hydrogen-bond donors (Lipinski definition) is 1. The van der Waals surface area contributed by atoms with Crippen molar-refractivity contribution in [3.8, 4) is 0 Å². The Balaban J connectivity index is 2.46. The lowest BCUT2D eigenvalue weighted by atomic mass is 9.88. The smallest absolute Gasteiger partial charge is 0.206 e. The van der Waals surface area contributed by atoms with E-state index in [0.717, 1.165) is 0 Å². The van der Waals surface area contributed by atoms with Gasteiger partial charge in [0.05, 0.1) is 16.8 Å². The van der Waals surface area contributed by atoms with Crippen LogP contribution in [-0.2, 0) is 0 Å². The second-order valence-corrected chi connectivity index (χ2v) is 4.45. The molecule has 0 amide bonds. The third-order valence-corrected chi connectivity index (χ3v) is 3.48. The second-order valence-electron chi connectivity index (χ2n) is 4.45. The normalized spacial score (nSPS) is 15.5. The number of carbonyl (C=O) groups excluding carboxylic acids is 2. The number of Topliss-reactive ketones (excluding diaryl/α,β-unsaturated/α-hetero) is 2. The molecule has 3 nitrogen and oxygen atoms in total. The highest BCUT2D eigenvalue weighted by atomic mass is 19.1. The maximum absolute atomic E-state index is 13.7. The minimum absolute atomic E-state index is 0.197. The number of hydrogen-bond acceptors (Lipinski definition) is 2. The van der Waals surface area contributed by atoms with Gasteiger partial charge in [0.2, 0.25) is 5.78 Å². The van der Waals surface area contributed by atoms with Crippen molar-refractivity contribution in [1.82, 2.24) is 4.98 Å². The van der Waals surface area contributed by atoms with Gasteiger partial charge >= 0.3 is 0 Å². The van der Waals surface area contributed by atoms with Crippen LogP contribution in [0, 0.1) is 5.82 Å². The summed E-state index contributed by atoms with van der Waals surface area (Å²) in [5, 5.41) is 0.468. The summed E-state index contributed by atoms with van der Waals surface area (Å²) < 4.78 is 13.7. The lowest BCUT2D eigenvalue weighted by Gasteiger charge is -2.12. The van der Waals surface area contributed by atoms with E-state index in [2.05, 4.69) is 4.98 Å². The van der Waals surface area contributed by atoms with Crippen LogP contribution in [0.4, 0.5) is 4.39 Å². The number of allylic oxidation sites excluding steroid dienone is 2. The minimum atomic E-state index is -0.460. The topological polar surface area (TPSA) is 49.9 Å². The van der Waals surface area contributed by atoms with Crippen LogP contribution in [0.5, 0.6) is 0 Å². The maximum atomic E-state index is 13.7. The first-order chi connectivity index (χ1) is 8.52. The predicted octanol–water partition coefficient (Wildman–Crippen LogP) is 3.02. The molecular formula is C14H10FNO2. The van der Waals surface area contributed by atoms with Crippen LogP contribution in [0.3, 0.4) is 0 Å². The molecule has 18 heavy (non-hydrogen) atoms. The second kappa shape index (κ2) is 3.38. The van der Waals surface area contributed by atoms with Crippen LogP contribution in [0.2, 0.25) is 0 Å². The van der Waals surface area contributed by atoms with Gasteiger partial charge in [-0.3, -0.25) is 9.59 Å². The van der Waals surface area contributed by atoms with E-state index in [9.17, 15) is 14.0 Å². The number of carbonyl (C=O) groups is 2. The zero-order valence-electron chi connectivity index (χ0n) is 9.93. The lowest BCUT2D eigenvalue weighted by molar-refractivity contribution is 0.0973. The molecule has 2 aromatic rings. The largest absolute Gasteiger partial charge is 0.349 e. The molecule has 0 bridgehead atoms. The van der Waals surface area contributed by atoms with Crippen molar-refractivity contribution in [3.63, 3.8) is 0 Å². The fraction of sp³-hybridized carbons (Fsp3) is 0.143. The first-order valence-electron chi connectivity index (χ1n) is 5.59. The Hall–Kier alpha value is -2.23. The summed E-state index contributed by atoms with van der Waals surface area (Å²) in [5.41, 5.74) is 1.55. The van der Waals surface area contributed by atoms with Crippen LogP contribution < -0.4 is 0 Å². The van der Waals surface area contributed by atoms with Gasteiger partial charge in [-0.25, -0.2) is 4.39 Å². The van der Waals surface area contributed by atoms with Crippen molar-refractivity contribution < 1.29 is 14.0 Å². The van der Waals surface area contributed by atoms with Crippen LogP contribution in [0.1, 0.15) is 34.7 Å². The quantitative estimate of drug-likeness (QED) is 0.773. The molecule has 1 aromatic carbocycles. The number of aromatic nitrogens is 1. The van der Waals surface area contributed by atoms with Gasteiger partial charge in [0, 0.05) is 16.5 Å². The molecule has 1 aliphatic rings. The number of benzene rings is 1. The molecule has 0 radical (unpaired) electrons. The number of nitrogens with one attached hydrogen (secondary N) is 1. The van der Waals surface area contributed by atoms with Gasteiger partial charge in [-0.2, -0.15) is 0 Å². The number of rotatable bonds is 0. The van der Waals surface area contributed by atoms with Gasteiger partial charge in [0.15, 0.2) is 5.78 Å². The Morgan fingerprint density at radius 1 is 1.06 bits per heavy atom. The lowest BCUT2D eigenvalue weighted by Crippen LogP contribution is -2.18. The average Bonchev–Trinajstić information content (AvgIpc) is 2.75. The first-order valence-corrected chi connectivity index (χ1v) is 5.59. The van der Waals surface area contributed by atoms with E-state index in [1.807, 2.05) is 0 Å². The molecule has 1 heterocycles. The summed E-state index contributed by atoms with van der Waals surface area (Å²) in [5.74, 6) is -0.908. The summed E-state index contributed by atoms with van der Waals surface area (Å²) >= 11 is 0. The fourth-order valence-corrected chi connectivity index (χ4v) is 2.30. The molecule has 0 aliphatic heterocycles. The molecule has 0 unspecified atom stereocenters. The third kappa shape index (κ3) is 1.17. The van der Waals surface area contributed by atoms with Crippen molar-refractivity contribution in [2.24, 2.45) is 0 Å². The van der Waals surface area contributed by atoms with E-state index < -0.39 is 5.82 Å². The molecule has 0 atom stereocenters. The molecule has 3 rings (SSSR count). The van der Waals surface area contributed by atoms with Gasteiger partial charge < -0.3 is 4.98 Å². The monoisotopic (exact) mass is 243 g/mol. The number of ketones is 2. The van der Waals surface area contributed by atoms with Crippen molar-refractivity contribution in [1.29, 1.82) is 0 Å². The van der Waals surface area contributed by atoms with Crippen LogP contribution >= 0.6 is 0 Å². The Morgan fingerprint density at radius 3 is 2.44 bits per heavy atom. The van der Waals surface area contributed by atoms with Gasteiger partial charge in [0.25, 0.3) is 0 Å². The molecule has 0 saturated carbocycles. The van der Waals surface area contributed by atoms with E-state index in [4.69, 9.17) is 0 Å². The molecule has 90 valence electrons. The summed E-state index contributed by atoms with van der Waals surface area (Å²) in [6.07, 6.45) is 0. The van der Waals surface area contributed by atoms with Gasteiger partial charge in [-0.1, -0.05) is 12.1 Å². The SMILES string of the molecule is CC1=C(C)C(=O)c2c([nH]c3c(F)cccc23)C1=O. The third-order valence-electron chi connectivity index (χ3n) is 3.48. The van der Waals surface area contributed by atoms with Crippen LogP contribution in [0.25, 0.3) is 10.9 Å². The summed E-state index contributed by atoms with van der Waals surface area (Å²) in [7, 11) is 0. The van der Waals surface area contributed by atoms with E-state index >= 15 is 0 Å². The highest BCUT2D eigenvalue weighted by Crippen LogP contribution is 2.32. The highest BCUT2D eigenvalue weighted by Gasteiger charge is 2.31. The predicted molar refractivity (Wildman–Crippen MR) is 65.3 cm³/mol. The van der Waals surface area contributed by atoms with E-state index in [0.29, 0.717) is 16.5 Å².